The van der Waals surface area contributed by atoms with Crippen LogP contribution in [0.15, 0.2) is 0 Å². The second-order valence-corrected chi connectivity index (χ2v) is 6.01. The van der Waals surface area contributed by atoms with Gasteiger partial charge in [-0.3, -0.25) is 0 Å². The van der Waals surface area contributed by atoms with Gasteiger partial charge in [-0.15, -0.1) is 0 Å². The van der Waals surface area contributed by atoms with Crippen molar-refractivity contribution in [2.24, 2.45) is 29.1 Å². The minimum Gasteiger partial charge on any atom is -0.0651 e. The SMILES string of the molecule is CCC(C)C(C)C(C)C(C)(C)C(C)C. The van der Waals surface area contributed by atoms with Gasteiger partial charge in [0, 0.05) is 0 Å². The molecule has 3 atom stereocenters. The van der Waals surface area contributed by atoms with Crippen molar-refractivity contribution in [1.82, 2.24) is 0 Å². The van der Waals surface area contributed by atoms with Gasteiger partial charge in [0.15, 0.2) is 0 Å². The van der Waals surface area contributed by atoms with Gasteiger partial charge >= 0.3 is 0 Å². The van der Waals surface area contributed by atoms with Crippen LogP contribution in [0.3, 0.4) is 0 Å². The molecule has 0 aliphatic carbocycles. The summed E-state index contributed by atoms with van der Waals surface area (Å²) in [6.07, 6.45) is 1.31. The lowest BCUT2D eigenvalue weighted by Gasteiger charge is -2.41. The molecule has 86 valence electrons. The molecule has 0 aromatic heterocycles. The molecule has 3 unspecified atom stereocenters. The van der Waals surface area contributed by atoms with E-state index in [1.54, 1.807) is 0 Å². The maximum Gasteiger partial charge on any atom is -0.0303 e. The zero-order chi connectivity index (χ0) is 11.5. The van der Waals surface area contributed by atoms with Crippen LogP contribution < -0.4 is 0 Å². The average molecular weight is 198 g/mol. The Hall–Kier alpha value is 0. The lowest BCUT2D eigenvalue weighted by molar-refractivity contribution is 0.0799. The van der Waals surface area contributed by atoms with Crippen LogP contribution in [0.5, 0.6) is 0 Å². The fourth-order valence-electron chi connectivity index (χ4n) is 2.07. The van der Waals surface area contributed by atoms with Crippen LogP contribution >= 0.6 is 0 Å². The van der Waals surface area contributed by atoms with E-state index in [1.807, 2.05) is 0 Å². The molecule has 0 bridgehead atoms. The third-order valence-electron chi connectivity index (χ3n) is 4.99. The van der Waals surface area contributed by atoms with Crippen molar-refractivity contribution in [3.8, 4) is 0 Å². The van der Waals surface area contributed by atoms with Crippen molar-refractivity contribution in [1.29, 1.82) is 0 Å². The summed E-state index contributed by atoms with van der Waals surface area (Å²) in [4.78, 5) is 0. The summed E-state index contributed by atoms with van der Waals surface area (Å²) < 4.78 is 0. The van der Waals surface area contributed by atoms with Gasteiger partial charge in [-0.2, -0.15) is 0 Å². The minimum absolute atomic E-state index is 0.461. The third-order valence-corrected chi connectivity index (χ3v) is 4.99. The van der Waals surface area contributed by atoms with Gasteiger partial charge in [0.1, 0.15) is 0 Å². The van der Waals surface area contributed by atoms with Gasteiger partial charge in [0.05, 0.1) is 0 Å². The Labute approximate surface area is 91.5 Å². The number of rotatable bonds is 5. The zero-order valence-electron chi connectivity index (χ0n) is 11.5. The highest BCUT2D eigenvalue weighted by Gasteiger charge is 2.34. The summed E-state index contributed by atoms with van der Waals surface area (Å²) in [5, 5.41) is 0. The van der Waals surface area contributed by atoms with Crippen LogP contribution in [-0.4, -0.2) is 0 Å². The van der Waals surface area contributed by atoms with Gasteiger partial charge in [0.2, 0.25) is 0 Å². The van der Waals surface area contributed by atoms with Crippen LogP contribution in [0.25, 0.3) is 0 Å². The molecule has 14 heavy (non-hydrogen) atoms. The molecule has 0 aliphatic heterocycles. The fourth-order valence-corrected chi connectivity index (χ4v) is 2.07. The molecular formula is C14H30. The Kier molecular flexibility index (Phi) is 5.19. The second-order valence-electron chi connectivity index (χ2n) is 6.01. The first kappa shape index (κ1) is 14.0. The van der Waals surface area contributed by atoms with Crippen molar-refractivity contribution < 1.29 is 0 Å². The van der Waals surface area contributed by atoms with Crippen molar-refractivity contribution >= 4 is 0 Å². The Morgan fingerprint density at radius 2 is 1.36 bits per heavy atom. The molecule has 0 radical (unpaired) electrons. The molecular weight excluding hydrogens is 168 g/mol. The molecule has 0 heterocycles. The Balaban J connectivity index is 4.52. The maximum atomic E-state index is 2.43. The predicted molar refractivity (Wildman–Crippen MR) is 66.4 cm³/mol. The van der Waals surface area contributed by atoms with Gasteiger partial charge in [-0.25, -0.2) is 0 Å². The maximum absolute atomic E-state index is 2.43. The molecule has 0 saturated carbocycles. The zero-order valence-corrected chi connectivity index (χ0v) is 11.5. The summed E-state index contributed by atoms with van der Waals surface area (Å²) in [6.45, 7) is 19.1. The summed E-state index contributed by atoms with van der Waals surface area (Å²) in [7, 11) is 0. The molecule has 0 spiro atoms. The lowest BCUT2D eigenvalue weighted by atomic mass is 9.64. The molecule has 0 aliphatic rings. The average Bonchev–Trinajstić information content (AvgIpc) is 2.13. The van der Waals surface area contributed by atoms with Crippen LogP contribution in [-0.2, 0) is 0 Å². The molecule has 0 rings (SSSR count). The molecule has 0 aromatic carbocycles. The van der Waals surface area contributed by atoms with Crippen LogP contribution in [0.2, 0.25) is 0 Å². The Bertz CT molecular complexity index is 155. The molecule has 0 N–H and O–H groups in total. The first-order chi connectivity index (χ1) is 6.25. The van der Waals surface area contributed by atoms with E-state index >= 15 is 0 Å². The van der Waals surface area contributed by atoms with Crippen molar-refractivity contribution in [2.45, 2.75) is 61.8 Å². The smallest absolute Gasteiger partial charge is 0.0303 e. The Morgan fingerprint density at radius 1 is 0.929 bits per heavy atom. The third kappa shape index (κ3) is 3.00. The van der Waals surface area contributed by atoms with E-state index in [1.165, 1.54) is 6.42 Å². The van der Waals surface area contributed by atoms with E-state index in [9.17, 15) is 0 Å². The standard InChI is InChI=1S/C14H30/c1-9-11(4)12(5)13(6)14(7,8)10(2)3/h10-13H,9H2,1-8H3. The summed E-state index contributed by atoms with van der Waals surface area (Å²) in [5.74, 6) is 3.25. The Morgan fingerprint density at radius 3 is 1.64 bits per heavy atom. The molecule has 0 amide bonds. The number of hydrogen-bond donors (Lipinski definition) is 0. The number of hydrogen-bond acceptors (Lipinski definition) is 0. The van der Waals surface area contributed by atoms with E-state index < -0.39 is 0 Å². The van der Waals surface area contributed by atoms with Crippen molar-refractivity contribution in [3.63, 3.8) is 0 Å². The highest BCUT2D eigenvalue weighted by molar-refractivity contribution is 4.83. The van der Waals surface area contributed by atoms with Crippen molar-refractivity contribution in [2.75, 3.05) is 0 Å². The largest absolute Gasteiger partial charge is 0.0651 e. The van der Waals surface area contributed by atoms with Gasteiger partial charge in [0.25, 0.3) is 0 Å². The molecule has 0 fully saturated rings. The minimum atomic E-state index is 0.461. The topological polar surface area (TPSA) is 0 Å². The van der Waals surface area contributed by atoms with E-state index in [-0.39, 0.29) is 0 Å². The molecule has 0 saturated heterocycles. The highest BCUT2D eigenvalue weighted by Crippen LogP contribution is 2.41. The summed E-state index contributed by atoms with van der Waals surface area (Å²) in [5.41, 5.74) is 0.461. The normalized spacial score (nSPS) is 19.5. The molecule has 0 heteroatoms. The lowest BCUT2D eigenvalue weighted by Crippen LogP contribution is -2.34. The van der Waals surface area contributed by atoms with Crippen molar-refractivity contribution in [3.05, 3.63) is 0 Å². The first-order valence-corrected chi connectivity index (χ1v) is 6.25. The van der Waals surface area contributed by atoms with Crippen LogP contribution in [0.1, 0.15) is 61.8 Å². The van der Waals surface area contributed by atoms with Crippen LogP contribution in [0.4, 0.5) is 0 Å². The monoisotopic (exact) mass is 198 g/mol. The van der Waals surface area contributed by atoms with Gasteiger partial charge < -0.3 is 0 Å². The fraction of sp³-hybridized carbons (Fsp3) is 1.00. The van der Waals surface area contributed by atoms with Gasteiger partial charge in [-0.05, 0) is 29.1 Å². The van der Waals surface area contributed by atoms with E-state index in [4.69, 9.17) is 0 Å². The first-order valence-electron chi connectivity index (χ1n) is 6.25. The predicted octanol–water partition coefficient (Wildman–Crippen LogP) is 4.99. The second kappa shape index (κ2) is 5.19. The van der Waals surface area contributed by atoms with Crippen LogP contribution in [0, 0.1) is 29.1 Å². The summed E-state index contributed by atoms with van der Waals surface area (Å²) >= 11 is 0. The highest BCUT2D eigenvalue weighted by atomic mass is 14.4. The van der Waals surface area contributed by atoms with Gasteiger partial charge in [-0.1, -0.05) is 61.8 Å². The molecule has 0 aromatic rings. The van der Waals surface area contributed by atoms with E-state index in [2.05, 4.69) is 55.4 Å². The quantitative estimate of drug-likeness (QED) is 0.584. The van der Waals surface area contributed by atoms with E-state index in [0.717, 1.165) is 23.7 Å². The summed E-state index contributed by atoms with van der Waals surface area (Å²) in [6, 6.07) is 0. The van der Waals surface area contributed by atoms with E-state index in [0.29, 0.717) is 5.41 Å². The molecule has 0 nitrogen and oxygen atoms in total.